The average molecular weight is 232 g/mol. The molecule has 0 saturated heterocycles. The molecule has 0 aliphatic heterocycles. The zero-order valence-corrected chi connectivity index (χ0v) is 10.0. The summed E-state index contributed by atoms with van der Waals surface area (Å²) in [6.07, 6.45) is 0.109. The quantitative estimate of drug-likeness (QED) is 0.817. The largest absolute Gasteiger partial charge is 0.481 e. The Balaban J connectivity index is 2.61. The predicted octanol–water partition coefficient (Wildman–Crippen LogP) is 2.47. The second kappa shape index (κ2) is 5.35. The summed E-state index contributed by atoms with van der Waals surface area (Å²) < 4.78 is 0. The molecule has 0 aromatic heterocycles. The fourth-order valence-electron chi connectivity index (χ4n) is 1.51. The predicted molar refractivity (Wildman–Crippen MR) is 65.7 cm³/mol. The second-order valence-corrected chi connectivity index (χ2v) is 4.78. The van der Waals surface area contributed by atoms with Crippen LogP contribution in [0.2, 0.25) is 0 Å². The molecule has 0 fully saturated rings. The van der Waals surface area contributed by atoms with Crippen LogP contribution in [-0.2, 0) is 4.79 Å². The molecule has 0 saturated carbocycles. The van der Waals surface area contributed by atoms with Crippen LogP contribution in [-0.4, -0.2) is 17.6 Å². The van der Waals surface area contributed by atoms with Gasteiger partial charge < -0.3 is 10.4 Å². The summed E-state index contributed by atoms with van der Waals surface area (Å²) in [5.41, 5.74) is 1.10. The molecular formula is C13H16N2O2. The van der Waals surface area contributed by atoms with E-state index in [1.54, 1.807) is 18.2 Å². The maximum atomic E-state index is 10.7. The Bertz CT molecular complexity index is 447. The number of hydrogen-bond acceptors (Lipinski definition) is 3. The third kappa shape index (κ3) is 4.56. The van der Waals surface area contributed by atoms with E-state index in [1.165, 1.54) is 0 Å². The summed E-state index contributed by atoms with van der Waals surface area (Å²) in [7, 11) is 0. The zero-order valence-electron chi connectivity index (χ0n) is 10.0. The van der Waals surface area contributed by atoms with Gasteiger partial charge in [0.05, 0.1) is 18.1 Å². The van der Waals surface area contributed by atoms with E-state index in [0.717, 1.165) is 5.69 Å². The van der Waals surface area contributed by atoms with Gasteiger partial charge in [-0.2, -0.15) is 5.26 Å². The molecule has 0 unspecified atom stereocenters. The maximum Gasteiger partial charge on any atom is 0.303 e. The van der Waals surface area contributed by atoms with Crippen LogP contribution in [0.3, 0.4) is 0 Å². The molecular weight excluding hydrogens is 216 g/mol. The summed E-state index contributed by atoms with van der Waals surface area (Å²) in [6.45, 7) is 4.33. The fourth-order valence-corrected chi connectivity index (χ4v) is 1.51. The number of nitrogens with zero attached hydrogens (tertiary/aromatic N) is 1. The van der Waals surface area contributed by atoms with Crippen molar-refractivity contribution in [1.29, 1.82) is 5.26 Å². The Morgan fingerprint density at radius 1 is 1.53 bits per heavy atom. The van der Waals surface area contributed by atoms with Gasteiger partial charge in [0.1, 0.15) is 0 Å². The highest BCUT2D eigenvalue weighted by Gasteiger charge is 2.21. The molecule has 17 heavy (non-hydrogen) atoms. The molecule has 90 valence electrons. The van der Waals surface area contributed by atoms with Gasteiger partial charge >= 0.3 is 5.97 Å². The molecule has 0 aliphatic carbocycles. The third-order valence-electron chi connectivity index (χ3n) is 2.39. The Hall–Kier alpha value is -2.02. The number of benzene rings is 1. The van der Waals surface area contributed by atoms with Crippen LogP contribution < -0.4 is 5.32 Å². The maximum absolute atomic E-state index is 10.7. The molecule has 1 aromatic carbocycles. The first-order valence-electron chi connectivity index (χ1n) is 5.39. The molecule has 1 rings (SSSR count). The molecule has 0 amide bonds. The summed E-state index contributed by atoms with van der Waals surface area (Å²) in [4.78, 5) is 10.7. The van der Waals surface area contributed by atoms with Crippen molar-refractivity contribution >= 4 is 11.7 Å². The van der Waals surface area contributed by atoms with Crippen molar-refractivity contribution < 1.29 is 9.90 Å². The van der Waals surface area contributed by atoms with E-state index in [1.807, 2.05) is 19.9 Å². The number of aliphatic carboxylic acids is 1. The zero-order chi connectivity index (χ0) is 12.9. The minimum atomic E-state index is -0.803. The fraction of sp³-hybridized carbons (Fsp3) is 0.385. The van der Waals surface area contributed by atoms with Crippen molar-refractivity contribution in [1.82, 2.24) is 0 Å². The van der Waals surface area contributed by atoms with Gasteiger partial charge in [0.2, 0.25) is 0 Å². The number of hydrogen-bond donors (Lipinski definition) is 2. The van der Waals surface area contributed by atoms with E-state index in [9.17, 15) is 4.79 Å². The molecule has 0 atom stereocenters. The van der Waals surface area contributed by atoms with Crippen molar-refractivity contribution in [3.8, 4) is 6.07 Å². The van der Waals surface area contributed by atoms with Crippen LogP contribution >= 0.6 is 0 Å². The highest BCUT2D eigenvalue weighted by atomic mass is 16.4. The van der Waals surface area contributed by atoms with Crippen molar-refractivity contribution in [3.05, 3.63) is 29.8 Å². The lowest BCUT2D eigenvalue weighted by Crippen LogP contribution is -2.26. The monoisotopic (exact) mass is 232 g/mol. The standard InChI is InChI=1S/C13H16N2O2/c1-13(2,7-12(16)17)9-15-11-5-3-4-10(6-11)8-14/h3-6,15H,7,9H2,1-2H3,(H,16,17). The molecule has 1 aromatic rings. The first-order chi connectivity index (χ1) is 7.93. The van der Waals surface area contributed by atoms with Crippen LogP contribution in [0.5, 0.6) is 0 Å². The number of anilines is 1. The molecule has 0 aliphatic rings. The Morgan fingerprint density at radius 3 is 2.82 bits per heavy atom. The van der Waals surface area contributed by atoms with E-state index in [2.05, 4.69) is 11.4 Å². The summed E-state index contributed by atoms with van der Waals surface area (Å²) >= 11 is 0. The summed E-state index contributed by atoms with van der Waals surface area (Å²) in [6, 6.07) is 9.19. The van der Waals surface area contributed by atoms with Gasteiger partial charge in [-0.25, -0.2) is 0 Å². The Labute approximate surface area is 101 Å². The van der Waals surface area contributed by atoms with E-state index in [0.29, 0.717) is 12.1 Å². The molecule has 0 heterocycles. The molecule has 4 nitrogen and oxygen atoms in total. The number of nitrogens with one attached hydrogen (secondary N) is 1. The van der Waals surface area contributed by atoms with Crippen LogP contribution in [0.4, 0.5) is 5.69 Å². The smallest absolute Gasteiger partial charge is 0.303 e. The summed E-state index contributed by atoms with van der Waals surface area (Å²) in [5.74, 6) is -0.803. The topological polar surface area (TPSA) is 73.1 Å². The lowest BCUT2D eigenvalue weighted by atomic mass is 9.89. The first-order valence-corrected chi connectivity index (χ1v) is 5.39. The first kappa shape index (κ1) is 13.0. The molecule has 0 radical (unpaired) electrons. The molecule has 0 bridgehead atoms. The average Bonchev–Trinajstić information content (AvgIpc) is 2.25. The number of nitriles is 1. The van der Waals surface area contributed by atoms with Crippen LogP contribution in [0.25, 0.3) is 0 Å². The Morgan fingerprint density at radius 2 is 2.24 bits per heavy atom. The van der Waals surface area contributed by atoms with Gasteiger partial charge in [-0.05, 0) is 23.6 Å². The van der Waals surface area contributed by atoms with Crippen molar-refractivity contribution in [3.63, 3.8) is 0 Å². The van der Waals surface area contributed by atoms with Crippen LogP contribution in [0.15, 0.2) is 24.3 Å². The minimum Gasteiger partial charge on any atom is -0.481 e. The molecule has 0 spiro atoms. The number of carboxylic acid groups (broad SMARTS) is 1. The van der Waals surface area contributed by atoms with E-state index >= 15 is 0 Å². The third-order valence-corrected chi connectivity index (χ3v) is 2.39. The lowest BCUT2D eigenvalue weighted by molar-refractivity contribution is -0.139. The van der Waals surface area contributed by atoms with E-state index in [-0.39, 0.29) is 11.8 Å². The highest BCUT2D eigenvalue weighted by Crippen LogP contribution is 2.21. The normalized spacial score (nSPS) is 10.6. The minimum absolute atomic E-state index is 0.109. The Kier molecular flexibility index (Phi) is 4.11. The molecule has 4 heteroatoms. The molecule has 2 N–H and O–H groups in total. The highest BCUT2D eigenvalue weighted by molar-refractivity contribution is 5.67. The van der Waals surface area contributed by atoms with Crippen LogP contribution in [0.1, 0.15) is 25.8 Å². The van der Waals surface area contributed by atoms with Gasteiger partial charge in [0.15, 0.2) is 0 Å². The van der Waals surface area contributed by atoms with Gasteiger partial charge in [-0.3, -0.25) is 4.79 Å². The van der Waals surface area contributed by atoms with Gasteiger partial charge in [0.25, 0.3) is 0 Å². The number of carbonyl (C=O) groups is 1. The van der Waals surface area contributed by atoms with E-state index < -0.39 is 5.97 Å². The van der Waals surface area contributed by atoms with Gasteiger partial charge in [-0.1, -0.05) is 19.9 Å². The second-order valence-electron chi connectivity index (χ2n) is 4.78. The lowest BCUT2D eigenvalue weighted by Gasteiger charge is -2.23. The van der Waals surface area contributed by atoms with Crippen LogP contribution in [0, 0.1) is 16.7 Å². The van der Waals surface area contributed by atoms with E-state index in [4.69, 9.17) is 10.4 Å². The van der Waals surface area contributed by atoms with Gasteiger partial charge in [0, 0.05) is 12.2 Å². The summed E-state index contributed by atoms with van der Waals surface area (Å²) in [5, 5.41) is 20.7. The van der Waals surface area contributed by atoms with Gasteiger partial charge in [-0.15, -0.1) is 0 Å². The van der Waals surface area contributed by atoms with Crippen molar-refractivity contribution in [2.24, 2.45) is 5.41 Å². The number of carboxylic acids is 1. The van der Waals surface area contributed by atoms with Crippen molar-refractivity contribution in [2.75, 3.05) is 11.9 Å². The SMILES string of the molecule is CC(C)(CNc1cccc(C#N)c1)CC(=O)O. The number of rotatable bonds is 5. The van der Waals surface area contributed by atoms with Crippen molar-refractivity contribution in [2.45, 2.75) is 20.3 Å².